The summed E-state index contributed by atoms with van der Waals surface area (Å²) in [7, 11) is 1.67. The van der Waals surface area contributed by atoms with Crippen LogP contribution in [0.2, 0.25) is 0 Å². The van der Waals surface area contributed by atoms with Crippen molar-refractivity contribution in [1.82, 2.24) is 9.97 Å². The molecule has 1 fully saturated rings. The second-order valence-corrected chi connectivity index (χ2v) is 6.50. The van der Waals surface area contributed by atoms with E-state index < -0.39 is 0 Å². The number of aryl methyl sites for hydroxylation is 1. The molecule has 4 rings (SSSR count). The van der Waals surface area contributed by atoms with Crippen molar-refractivity contribution in [2.75, 3.05) is 43.6 Å². The average molecular weight is 366 g/mol. The number of rotatable bonds is 6. The summed E-state index contributed by atoms with van der Waals surface area (Å²) in [5, 5.41) is 4.29. The lowest BCUT2D eigenvalue weighted by molar-refractivity contribution is 0.181. The van der Waals surface area contributed by atoms with Crippen LogP contribution in [0.4, 0.5) is 16.3 Å². The minimum absolute atomic E-state index is 0.307. The van der Waals surface area contributed by atoms with Gasteiger partial charge >= 0.3 is 6.09 Å². The second-order valence-electron chi connectivity index (χ2n) is 6.50. The van der Waals surface area contributed by atoms with E-state index in [9.17, 15) is 4.79 Å². The molecule has 1 aromatic carbocycles. The zero-order valence-electron chi connectivity index (χ0n) is 15.4. The van der Waals surface area contributed by atoms with Gasteiger partial charge in [-0.25, -0.2) is 9.78 Å². The van der Waals surface area contributed by atoms with E-state index in [2.05, 4.69) is 21.4 Å². The van der Waals surface area contributed by atoms with Crippen molar-refractivity contribution in [2.45, 2.75) is 6.92 Å². The van der Waals surface area contributed by atoms with Gasteiger partial charge in [0.25, 0.3) is 0 Å². The van der Waals surface area contributed by atoms with Gasteiger partial charge in [-0.15, -0.1) is 0 Å². The molecule has 3 aromatic rings. The minimum Gasteiger partial charge on any atom is -0.447 e. The first-order valence-electron chi connectivity index (χ1n) is 8.93. The lowest BCUT2D eigenvalue weighted by atomic mass is 9.98. The molecular weight excluding hydrogens is 344 g/mol. The summed E-state index contributed by atoms with van der Waals surface area (Å²) < 4.78 is 10.3. The zero-order chi connectivity index (χ0) is 18.8. The number of fused-ring (bicyclic) bond motifs is 1. The zero-order valence-corrected chi connectivity index (χ0v) is 15.4. The molecule has 0 radical (unpaired) electrons. The van der Waals surface area contributed by atoms with Gasteiger partial charge in [0.15, 0.2) is 0 Å². The summed E-state index contributed by atoms with van der Waals surface area (Å²) in [5.74, 6) is 0.758. The maximum Gasteiger partial charge on any atom is 0.414 e. The summed E-state index contributed by atoms with van der Waals surface area (Å²) >= 11 is 0. The van der Waals surface area contributed by atoms with Gasteiger partial charge in [-0.3, -0.25) is 4.90 Å². The molecule has 0 aliphatic carbocycles. The van der Waals surface area contributed by atoms with Gasteiger partial charge in [-0.2, -0.15) is 0 Å². The van der Waals surface area contributed by atoms with Gasteiger partial charge in [-0.05, 0) is 36.8 Å². The van der Waals surface area contributed by atoms with Crippen molar-refractivity contribution in [3.8, 4) is 11.1 Å². The van der Waals surface area contributed by atoms with Crippen LogP contribution in [0.15, 0.2) is 36.5 Å². The number of nitrogens with one attached hydrogen (secondary N) is 2. The number of pyridine rings is 1. The third-order valence-electron chi connectivity index (χ3n) is 4.63. The molecule has 2 aromatic heterocycles. The Bertz CT molecular complexity index is 983. The van der Waals surface area contributed by atoms with Crippen LogP contribution in [-0.2, 0) is 9.47 Å². The van der Waals surface area contributed by atoms with Gasteiger partial charge in [0.1, 0.15) is 18.1 Å². The molecular formula is C20H22N4O3. The van der Waals surface area contributed by atoms with Crippen LogP contribution in [0.3, 0.4) is 0 Å². The molecule has 3 heterocycles. The minimum atomic E-state index is -0.307. The number of nitrogens with zero attached hydrogens (tertiary/aromatic N) is 2. The van der Waals surface area contributed by atoms with E-state index in [0.717, 1.165) is 39.2 Å². The van der Waals surface area contributed by atoms with E-state index in [4.69, 9.17) is 9.47 Å². The third-order valence-corrected chi connectivity index (χ3v) is 4.63. The number of anilines is 2. The molecule has 140 valence electrons. The van der Waals surface area contributed by atoms with Gasteiger partial charge in [0.2, 0.25) is 0 Å². The fourth-order valence-corrected chi connectivity index (χ4v) is 3.35. The number of carbonyl (C=O) groups is 1. The summed E-state index contributed by atoms with van der Waals surface area (Å²) in [5.41, 5.74) is 4.76. The van der Waals surface area contributed by atoms with Crippen LogP contribution in [0.1, 0.15) is 5.56 Å². The summed E-state index contributed by atoms with van der Waals surface area (Å²) in [6.07, 6.45) is 1.57. The van der Waals surface area contributed by atoms with Crippen LogP contribution in [0, 0.1) is 6.92 Å². The Labute approximate surface area is 157 Å². The first kappa shape index (κ1) is 17.4. The van der Waals surface area contributed by atoms with E-state index in [1.165, 1.54) is 0 Å². The number of carbonyl (C=O) groups excluding carboxylic acids is 1. The van der Waals surface area contributed by atoms with Gasteiger partial charge < -0.3 is 19.8 Å². The third kappa shape index (κ3) is 3.33. The van der Waals surface area contributed by atoms with Gasteiger partial charge in [-0.1, -0.05) is 11.6 Å². The Hall–Kier alpha value is -3.06. The highest BCUT2D eigenvalue weighted by Crippen LogP contribution is 2.38. The number of cyclic esters (lactones) is 1. The van der Waals surface area contributed by atoms with E-state index in [1.54, 1.807) is 12.0 Å². The van der Waals surface area contributed by atoms with Gasteiger partial charge in [0.05, 0.1) is 18.8 Å². The van der Waals surface area contributed by atoms with Crippen molar-refractivity contribution < 1.29 is 14.3 Å². The molecule has 1 aliphatic rings. The lowest BCUT2D eigenvalue weighted by Gasteiger charge is -2.19. The molecule has 0 bridgehead atoms. The Morgan fingerprint density at radius 3 is 2.96 bits per heavy atom. The van der Waals surface area contributed by atoms with E-state index in [0.29, 0.717) is 26.3 Å². The molecule has 0 spiro atoms. The van der Waals surface area contributed by atoms with Crippen molar-refractivity contribution in [2.24, 2.45) is 0 Å². The number of benzene rings is 1. The fourth-order valence-electron chi connectivity index (χ4n) is 3.35. The van der Waals surface area contributed by atoms with E-state index in [-0.39, 0.29) is 6.09 Å². The molecule has 27 heavy (non-hydrogen) atoms. The molecule has 0 unspecified atom stereocenters. The van der Waals surface area contributed by atoms with E-state index >= 15 is 0 Å². The van der Waals surface area contributed by atoms with Crippen molar-refractivity contribution in [3.63, 3.8) is 0 Å². The van der Waals surface area contributed by atoms with Crippen molar-refractivity contribution in [1.29, 1.82) is 0 Å². The molecule has 0 atom stereocenters. The Balaban J connectivity index is 1.85. The number of ether oxygens (including phenoxy) is 2. The number of H-pyrrole nitrogens is 1. The quantitative estimate of drug-likeness (QED) is 0.652. The lowest BCUT2D eigenvalue weighted by Crippen LogP contribution is -2.24. The molecule has 1 aliphatic heterocycles. The molecule has 7 heteroatoms. The number of hydrogen-bond donors (Lipinski definition) is 2. The maximum absolute atomic E-state index is 12.2. The molecule has 1 saturated heterocycles. The monoisotopic (exact) mass is 366 g/mol. The first-order chi connectivity index (χ1) is 13.2. The molecule has 0 saturated carbocycles. The van der Waals surface area contributed by atoms with Crippen molar-refractivity contribution >= 4 is 28.6 Å². The molecule has 1 amide bonds. The predicted molar refractivity (Wildman–Crippen MR) is 105 cm³/mol. The largest absolute Gasteiger partial charge is 0.447 e. The number of amides is 1. The highest BCUT2D eigenvalue weighted by atomic mass is 16.6. The Morgan fingerprint density at radius 2 is 2.19 bits per heavy atom. The standard InChI is InChI=1S/C20H22N4O3/c1-13-3-4-17(24-8-10-27-20(24)25)16(11-13)15-12-18(21-7-9-26-2)23-19-14(15)5-6-22-19/h3-6,11-12H,7-10H2,1-2H3,(H2,21,22,23). The SMILES string of the molecule is COCCNc1cc(-c2cc(C)ccc2N2CCOC2=O)c2cc[nH]c2n1. The first-order valence-corrected chi connectivity index (χ1v) is 8.93. The normalized spacial score (nSPS) is 14.0. The topological polar surface area (TPSA) is 79.5 Å². The van der Waals surface area contributed by atoms with Crippen LogP contribution < -0.4 is 10.2 Å². The number of aromatic amines is 1. The highest BCUT2D eigenvalue weighted by molar-refractivity contribution is 6.02. The second kappa shape index (κ2) is 7.28. The summed E-state index contributed by atoms with van der Waals surface area (Å²) in [6.45, 7) is 4.26. The van der Waals surface area contributed by atoms with Gasteiger partial charge in [0, 0.05) is 30.8 Å². The fraction of sp³-hybridized carbons (Fsp3) is 0.300. The van der Waals surface area contributed by atoms with Crippen LogP contribution in [-0.4, -0.2) is 49.5 Å². The maximum atomic E-state index is 12.2. The van der Waals surface area contributed by atoms with Crippen molar-refractivity contribution in [3.05, 3.63) is 42.1 Å². The number of methoxy groups -OCH3 is 1. The number of hydrogen-bond acceptors (Lipinski definition) is 5. The molecule has 2 N–H and O–H groups in total. The number of aromatic nitrogens is 2. The van der Waals surface area contributed by atoms with Crippen LogP contribution >= 0.6 is 0 Å². The summed E-state index contributed by atoms with van der Waals surface area (Å²) in [6, 6.07) is 10.1. The highest BCUT2D eigenvalue weighted by Gasteiger charge is 2.26. The molecule has 7 nitrogen and oxygen atoms in total. The van der Waals surface area contributed by atoms with E-state index in [1.807, 2.05) is 37.4 Å². The van der Waals surface area contributed by atoms with Crippen LogP contribution in [0.5, 0.6) is 0 Å². The summed E-state index contributed by atoms with van der Waals surface area (Å²) in [4.78, 5) is 21.7. The Morgan fingerprint density at radius 1 is 1.30 bits per heavy atom. The predicted octanol–water partition coefficient (Wildman–Crippen LogP) is 3.55. The smallest absolute Gasteiger partial charge is 0.414 e. The Kier molecular flexibility index (Phi) is 4.68. The average Bonchev–Trinajstić information content (AvgIpc) is 3.30. The van der Waals surface area contributed by atoms with Crippen LogP contribution in [0.25, 0.3) is 22.2 Å².